The van der Waals surface area contributed by atoms with E-state index in [1.54, 1.807) is 0 Å². The lowest BCUT2D eigenvalue weighted by Gasteiger charge is -2.21. The van der Waals surface area contributed by atoms with Crippen LogP contribution in [0.1, 0.15) is 351 Å². The van der Waals surface area contributed by atoms with E-state index >= 15 is 0 Å². The predicted molar refractivity (Wildman–Crippen MR) is 363 cm³/mol. The number of carbonyl (C=O) groups excluding carboxylic acids is 4. The van der Waals surface area contributed by atoms with Crippen LogP contribution in [0, 0.1) is 23.7 Å². The number of carbonyl (C=O) groups is 4. The zero-order valence-electron chi connectivity index (χ0n) is 58.8. The summed E-state index contributed by atoms with van der Waals surface area (Å²) in [5.41, 5.74) is 0. The first-order valence-electron chi connectivity index (χ1n) is 36.7. The highest BCUT2D eigenvalue weighted by atomic mass is 31.2. The van der Waals surface area contributed by atoms with Crippen LogP contribution in [-0.4, -0.2) is 96.7 Å². The minimum atomic E-state index is -4.95. The molecule has 0 fully saturated rings. The van der Waals surface area contributed by atoms with Gasteiger partial charge in [-0.3, -0.25) is 37.3 Å². The van der Waals surface area contributed by atoms with Crippen LogP contribution in [0.25, 0.3) is 0 Å². The van der Waals surface area contributed by atoms with E-state index in [9.17, 15) is 43.2 Å². The zero-order valence-corrected chi connectivity index (χ0v) is 60.6. The second-order valence-electron chi connectivity index (χ2n) is 27.3. The van der Waals surface area contributed by atoms with Crippen LogP contribution in [0.3, 0.4) is 0 Å². The van der Waals surface area contributed by atoms with Gasteiger partial charge in [0, 0.05) is 25.7 Å². The molecule has 0 heterocycles. The molecule has 90 heavy (non-hydrogen) atoms. The summed E-state index contributed by atoms with van der Waals surface area (Å²) in [6.07, 6.45) is 43.2. The average molecular weight is 1330 g/mol. The van der Waals surface area contributed by atoms with Gasteiger partial charge in [0.15, 0.2) is 12.2 Å². The van der Waals surface area contributed by atoms with Crippen molar-refractivity contribution in [3.05, 3.63) is 0 Å². The zero-order chi connectivity index (χ0) is 66.8. The topological polar surface area (TPSA) is 237 Å². The van der Waals surface area contributed by atoms with E-state index < -0.39 is 97.5 Å². The monoisotopic (exact) mass is 1320 g/mol. The van der Waals surface area contributed by atoms with Crippen LogP contribution < -0.4 is 0 Å². The second kappa shape index (κ2) is 60.7. The van der Waals surface area contributed by atoms with Gasteiger partial charge in [-0.15, -0.1) is 0 Å². The molecule has 3 N–H and O–H groups in total. The Morgan fingerprint density at radius 2 is 0.533 bits per heavy atom. The Hall–Kier alpha value is -1.94. The van der Waals surface area contributed by atoms with Crippen molar-refractivity contribution < 1.29 is 80.2 Å². The van der Waals surface area contributed by atoms with Gasteiger partial charge in [-0.1, -0.05) is 299 Å². The average Bonchev–Trinajstić information content (AvgIpc) is 2.46. The maximum absolute atomic E-state index is 13.0. The molecule has 0 amide bonds. The van der Waals surface area contributed by atoms with Crippen LogP contribution in [0.15, 0.2) is 0 Å². The third-order valence-corrected chi connectivity index (χ3v) is 18.6. The number of aliphatic hydroxyl groups excluding tert-OH is 1. The Morgan fingerprint density at radius 1 is 0.311 bits per heavy atom. The molecule has 6 atom stereocenters. The second-order valence-corrected chi connectivity index (χ2v) is 30.2. The van der Waals surface area contributed by atoms with Crippen molar-refractivity contribution in [3.63, 3.8) is 0 Å². The quantitative estimate of drug-likeness (QED) is 0.0222. The Morgan fingerprint density at radius 3 is 0.789 bits per heavy atom. The number of rotatable bonds is 68. The van der Waals surface area contributed by atoms with Gasteiger partial charge >= 0.3 is 39.5 Å². The summed E-state index contributed by atoms with van der Waals surface area (Å²) in [6, 6.07) is 0. The summed E-state index contributed by atoms with van der Waals surface area (Å²) < 4.78 is 68.3. The first-order chi connectivity index (χ1) is 43.1. The van der Waals surface area contributed by atoms with E-state index in [0.717, 1.165) is 114 Å². The fourth-order valence-electron chi connectivity index (χ4n) is 10.6. The first-order valence-corrected chi connectivity index (χ1v) is 39.7. The van der Waals surface area contributed by atoms with Gasteiger partial charge in [0.2, 0.25) is 0 Å². The molecule has 0 aromatic carbocycles. The van der Waals surface area contributed by atoms with Gasteiger partial charge in [0.1, 0.15) is 19.3 Å². The lowest BCUT2D eigenvalue weighted by atomic mass is 9.99. The first kappa shape index (κ1) is 88.1. The van der Waals surface area contributed by atoms with Crippen LogP contribution in [-0.2, 0) is 65.4 Å². The van der Waals surface area contributed by atoms with Crippen molar-refractivity contribution in [2.24, 2.45) is 23.7 Å². The summed E-state index contributed by atoms with van der Waals surface area (Å²) >= 11 is 0. The number of ether oxygens (including phenoxy) is 4. The number of esters is 4. The Labute approximate surface area is 549 Å². The summed E-state index contributed by atoms with van der Waals surface area (Å²) in [5.74, 6) is 0.865. The molecule has 0 aromatic heterocycles. The van der Waals surface area contributed by atoms with Gasteiger partial charge < -0.3 is 33.8 Å². The number of hydrogen-bond donors (Lipinski definition) is 3. The van der Waals surface area contributed by atoms with Crippen molar-refractivity contribution in [1.82, 2.24) is 0 Å². The van der Waals surface area contributed by atoms with E-state index in [1.165, 1.54) is 148 Å². The smallest absolute Gasteiger partial charge is 0.462 e. The fraction of sp³-hybridized carbons (Fsp3) is 0.944. The fourth-order valence-corrected chi connectivity index (χ4v) is 12.2. The lowest BCUT2D eigenvalue weighted by Crippen LogP contribution is -2.30. The highest BCUT2D eigenvalue weighted by molar-refractivity contribution is 7.47. The van der Waals surface area contributed by atoms with E-state index in [2.05, 4.69) is 55.4 Å². The Balaban J connectivity index is 5.22. The number of aliphatic hydroxyl groups is 1. The van der Waals surface area contributed by atoms with Crippen LogP contribution in [0.4, 0.5) is 0 Å². The molecule has 0 rings (SSSR count). The maximum Gasteiger partial charge on any atom is 0.472 e. The molecule has 0 aromatic rings. The maximum atomic E-state index is 13.0. The summed E-state index contributed by atoms with van der Waals surface area (Å²) in [4.78, 5) is 72.5. The van der Waals surface area contributed by atoms with Crippen molar-refractivity contribution in [1.29, 1.82) is 0 Å². The highest BCUT2D eigenvalue weighted by Crippen LogP contribution is 2.45. The van der Waals surface area contributed by atoms with Gasteiger partial charge in [-0.25, -0.2) is 9.13 Å². The van der Waals surface area contributed by atoms with Crippen LogP contribution in [0.2, 0.25) is 0 Å². The minimum absolute atomic E-state index is 0.103. The molecule has 0 saturated carbocycles. The molecule has 0 aliphatic heterocycles. The third-order valence-electron chi connectivity index (χ3n) is 16.7. The SMILES string of the molecule is CCC(C)CCCCCCCCCCCCCCCCC(=O)O[C@H](COC(=O)CCCCCCCCCC(C)C)COP(=O)(O)OCC(O)COP(=O)(O)OC[C@@H](COC(=O)CCCCCCCCCCC(C)C)OC(=O)CCCCCCCCCCC(C)C. The van der Waals surface area contributed by atoms with Gasteiger partial charge in [0.05, 0.1) is 26.4 Å². The molecule has 0 aliphatic carbocycles. The standard InChI is InChI=1S/C71H138O17P2/c1-9-64(8)50-42-34-26-16-14-12-10-11-13-15-17-28-37-45-53-70(75)87-67(58-82-69(74)52-44-36-30-22-25-33-41-49-63(6)7)60-86-90(79,80)84-56-65(72)55-83-89(77,78)85-59-66(88-71(76)54-46-38-29-21-19-24-32-40-48-62(4)5)57-81-68(73)51-43-35-27-20-18-23-31-39-47-61(2)3/h61-67,72H,9-60H2,1-8H3,(H,77,78)(H,79,80)/t64?,65?,66-,67-/m1/s1. The molecule has 0 saturated heterocycles. The van der Waals surface area contributed by atoms with E-state index in [4.69, 9.17) is 37.0 Å². The lowest BCUT2D eigenvalue weighted by molar-refractivity contribution is -0.161. The summed E-state index contributed by atoms with van der Waals surface area (Å²) in [6.45, 7) is 14.1. The molecule has 17 nitrogen and oxygen atoms in total. The molecule has 0 spiro atoms. The molecule has 534 valence electrons. The van der Waals surface area contributed by atoms with E-state index in [-0.39, 0.29) is 25.7 Å². The van der Waals surface area contributed by atoms with Crippen molar-refractivity contribution in [2.75, 3.05) is 39.6 Å². The molecule has 0 aliphatic rings. The molecule has 0 radical (unpaired) electrons. The number of hydrogen-bond acceptors (Lipinski definition) is 15. The van der Waals surface area contributed by atoms with Crippen LogP contribution in [0.5, 0.6) is 0 Å². The molecular formula is C71H138O17P2. The largest absolute Gasteiger partial charge is 0.472 e. The van der Waals surface area contributed by atoms with Crippen LogP contribution >= 0.6 is 15.6 Å². The van der Waals surface area contributed by atoms with Gasteiger partial charge in [-0.05, 0) is 49.4 Å². The van der Waals surface area contributed by atoms with Gasteiger partial charge in [-0.2, -0.15) is 0 Å². The predicted octanol–water partition coefficient (Wildman–Crippen LogP) is 20.1. The number of phosphoric acid groups is 2. The molecule has 4 unspecified atom stereocenters. The van der Waals surface area contributed by atoms with E-state index in [1.807, 2.05) is 0 Å². The molecule has 19 heteroatoms. The third kappa shape index (κ3) is 63.5. The number of phosphoric ester groups is 2. The summed E-state index contributed by atoms with van der Waals surface area (Å²) in [5, 5.41) is 10.6. The van der Waals surface area contributed by atoms with Gasteiger partial charge in [0.25, 0.3) is 0 Å². The van der Waals surface area contributed by atoms with Crippen molar-refractivity contribution in [2.45, 2.75) is 369 Å². The van der Waals surface area contributed by atoms with Crippen molar-refractivity contribution >= 4 is 39.5 Å². The Kier molecular flexibility index (Phi) is 59.4. The van der Waals surface area contributed by atoms with Crippen molar-refractivity contribution in [3.8, 4) is 0 Å². The van der Waals surface area contributed by atoms with E-state index in [0.29, 0.717) is 31.6 Å². The normalized spacial score (nSPS) is 14.6. The highest BCUT2D eigenvalue weighted by Gasteiger charge is 2.30. The molecular weight excluding hydrogens is 1190 g/mol. The summed E-state index contributed by atoms with van der Waals surface area (Å²) in [7, 11) is -9.90. The minimum Gasteiger partial charge on any atom is -0.462 e. The Bertz CT molecular complexity index is 1780. The molecule has 0 bridgehead atoms. The number of unbranched alkanes of at least 4 members (excludes halogenated alkanes) is 33.